The molecule has 2 aliphatic heterocycles. The minimum atomic E-state index is 0.773. The van der Waals surface area contributed by atoms with Crippen LogP contribution in [0.3, 0.4) is 0 Å². The minimum absolute atomic E-state index is 0.773. The number of hydrogen-bond acceptors (Lipinski definition) is 7. The van der Waals surface area contributed by atoms with Gasteiger partial charge in [-0.2, -0.15) is 0 Å². The van der Waals surface area contributed by atoms with E-state index in [4.69, 9.17) is 4.74 Å². The molecule has 1 aromatic heterocycles. The van der Waals surface area contributed by atoms with E-state index >= 15 is 0 Å². The summed E-state index contributed by atoms with van der Waals surface area (Å²) in [6, 6.07) is 10.4. The van der Waals surface area contributed by atoms with Gasteiger partial charge in [0.05, 0.1) is 24.6 Å². The Labute approximate surface area is 154 Å². The second kappa shape index (κ2) is 7.88. The summed E-state index contributed by atoms with van der Waals surface area (Å²) >= 11 is 0. The Morgan fingerprint density at radius 2 is 1.69 bits per heavy atom. The predicted molar refractivity (Wildman–Crippen MR) is 104 cm³/mol. The van der Waals surface area contributed by atoms with Crippen molar-refractivity contribution in [3.63, 3.8) is 0 Å². The molecule has 2 aromatic rings. The summed E-state index contributed by atoms with van der Waals surface area (Å²) in [5, 5.41) is 3.49. The molecule has 3 heterocycles. The van der Waals surface area contributed by atoms with Crippen LogP contribution in [0.2, 0.25) is 0 Å². The molecule has 2 aliphatic rings. The van der Waals surface area contributed by atoms with E-state index in [2.05, 4.69) is 61.3 Å². The topological polar surface area (TPSA) is 56.8 Å². The van der Waals surface area contributed by atoms with Crippen molar-refractivity contribution in [3.8, 4) is 0 Å². The monoisotopic (exact) mass is 354 g/mol. The quantitative estimate of drug-likeness (QED) is 0.898. The van der Waals surface area contributed by atoms with Crippen LogP contribution in [0.25, 0.3) is 0 Å². The van der Waals surface area contributed by atoms with Crippen LogP contribution in [-0.4, -0.2) is 74.4 Å². The molecule has 2 saturated heterocycles. The zero-order chi connectivity index (χ0) is 17.8. The van der Waals surface area contributed by atoms with Gasteiger partial charge in [0.25, 0.3) is 0 Å². The molecule has 7 nitrogen and oxygen atoms in total. The fourth-order valence-corrected chi connectivity index (χ4v) is 3.42. The molecule has 138 valence electrons. The number of benzene rings is 1. The van der Waals surface area contributed by atoms with Crippen LogP contribution < -0.4 is 15.1 Å². The Morgan fingerprint density at radius 1 is 0.923 bits per heavy atom. The lowest BCUT2D eigenvalue weighted by Crippen LogP contribution is -2.44. The number of ether oxygens (including phenoxy) is 1. The first-order valence-electron chi connectivity index (χ1n) is 9.24. The Kier molecular flexibility index (Phi) is 5.17. The third kappa shape index (κ3) is 3.89. The lowest BCUT2D eigenvalue weighted by Gasteiger charge is -2.33. The lowest BCUT2D eigenvalue weighted by molar-refractivity contribution is 0.123. The molecular formula is C19H26N6O. The van der Waals surface area contributed by atoms with Crippen LogP contribution in [0.5, 0.6) is 0 Å². The first-order valence-corrected chi connectivity index (χ1v) is 9.24. The van der Waals surface area contributed by atoms with E-state index in [0.717, 1.165) is 69.8 Å². The van der Waals surface area contributed by atoms with Gasteiger partial charge in [-0.05, 0) is 19.2 Å². The van der Waals surface area contributed by atoms with E-state index in [1.165, 1.54) is 5.69 Å². The van der Waals surface area contributed by atoms with Crippen LogP contribution >= 0.6 is 0 Å². The van der Waals surface area contributed by atoms with Crippen molar-refractivity contribution < 1.29 is 4.74 Å². The van der Waals surface area contributed by atoms with Crippen molar-refractivity contribution in [2.75, 3.05) is 74.6 Å². The van der Waals surface area contributed by atoms with E-state index in [0.29, 0.717) is 0 Å². The fourth-order valence-electron chi connectivity index (χ4n) is 3.42. The Morgan fingerprint density at radius 3 is 2.50 bits per heavy atom. The number of nitrogens with zero attached hydrogens (tertiary/aromatic N) is 5. The molecule has 1 aromatic carbocycles. The summed E-state index contributed by atoms with van der Waals surface area (Å²) in [5.41, 5.74) is 2.26. The smallest absolute Gasteiger partial charge is 0.135 e. The average Bonchev–Trinajstić information content (AvgIpc) is 2.70. The van der Waals surface area contributed by atoms with E-state index in [9.17, 15) is 0 Å². The highest BCUT2D eigenvalue weighted by atomic mass is 16.5. The molecule has 0 aliphatic carbocycles. The van der Waals surface area contributed by atoms with Crippen molar-refractivity contribution in [2.24, 2.45) is 0 Å². The molecule has 0 atom stereocenters. The molecule has 0 spiro atoms. The van der Waals surface area contributed by atoms with Gasteiger partial charge in [0.1, 0.15) is 18.0 Å². The molecule has 0 amide bonds. The van der Waals surface area contributed by atoms with E-state index in [-0.39, 0.29) is 0 Å². The van der Waals surface area contributed by atoms with E-state index < -0.39 is 0 Å². The molecular weight excluding hydrogens is 328 g/mol. The van der Waals surface area contributed by atoms with Gasteiger partial charge < -0.3 is 24.8 Å². The van der Waals surface area contributed by atoms with Gasteiger partial charge in [-0.25, -0.2) is 9.97 Å². The summed E-state index contributed by atoms with van der Waals surface area (Å²) in [7, 11) is 2.16. The van der Waals surface area contributed by atoms with Gasteiger partial charge in [-0.3, -0.25) is 0 Å². The van der Waals surface area contributed by atoms with Gasteiger partial charge in [-0.15, -0.1) is 0 Å². The fraction of sp³-hybridized carbons (Fsp3) is 0.474. The Hall–Kier alpha value is -2.38. The summed E-state index contributed by atoms with van der Waals surface area (Å²) < 4.78 is 5.48. The number of nitrogens with one attached hydrogen (secondary N) is 1. The summed E-state index contributed by atoms with van der Waals surface area (Å²) in [6.45, 7) is 7.49. The predicted octanol–water partition coefficient (Wildman–Crippen LogP) is 1.81. The number of piperazine rings is 1. The summed E-state index contributed by atoms with van der Waals surface area (Å²) in [5.74, 6) is 1.81. The average molecular weight is 354 g/mol. The van der Waals surface area contributed by atoms with Gasteiger partial charge in [0, 0.05) is 45.3 Å². The lowest BCUT2D eigenvalue weighted by atomic mass is 10.2. The number of rotatable bonds is 4. The van der Waals surface area contributed by atoms with E-state index in [1.54, 1.807) is 6.33 Å². The second-order valence-corrected chi connectivity index (χ2v) is 6.79. The minimum Gasteiger partial charge on any atom is -0.378 e. The number of likely N-dealkylation sites (N-methyl/N-ethyl adjacent to an activating group) is 1. The molecule has 0 saturated carbocycles. The van der Waals surface area contributed by atoms with Crippen molar-refractivity contribution in [2.45, 2.75) is 0 Å². The zero-order valence-electron chi connectivity index (χ0n) is 15.3. The summed E-state index contributed by atoms with van der Waals surface area (Å²) in [4.78, 5) is 15.9. The van der Waals surface area contributed by atoms with Gasteiger partial charge in [0.15, 0.2) is 0 Å². The van der Waals surface area contributed by atoms with Gasteiger partial charge in [-0.1, -0.05) is 12.1 Å². The Balaban J connectivity index is 1.52. The molecule has 7 heteroatoms. The highest BCUT2D eigenvalue weighted by molar-refractivity contribution is 5.74. The van der Waals surface area contributed by atoms with Crippen molar-refractivity contribution in [1.82, 2.24) is 14.9 Å². The number of aromatic nitrogens is 2. The Bertz CT molecular complexity index is 725. The molecule has 0 bridgehead atoms. The standard InChI is InChI=1S/C19H26N6O/c1-23-6-8-25(9-7-23)19-14-18(20-15-21-19)22-16-4-2-3-5-17(16)24-10-12-26-13-11-24/h2-5,14-15H,6-13H2,1H3,(H,20,21,22). The van der Waals surface area contributed by atoms with Crippen LogP contribution in [0, 0.1) is 0 Å². The van der Waals surface area contributed by atoms with Crippen molar-refractivity contribution in [3.05, 3.63) is 36.7 Å². The molecule has 0 unspecified atom stereocenters. The number of morpholine rings is 1. The van der Waals surface area contributed by atoms with Crippen molar-refractivity contribution >= 4 is 23.0 Å². The van der Waals surface area contributed by atoms with Crippen LogP contribution in [0.15, 0.2) is 36.7 Å². The van der Waals surface area contributed by atoms with Gasteiger partial charge >= 0.3 is 0 Å². The first kappa shape index (κ1) is 17.1. The maximum atomic E-state index is 5.48. The molecule has 1 N–H and O–H groups in total. The molecule has 0 radical (unpaired) electrons. The largest absolute Gasteiger partial charge is 0.378 e. The number of anilines is 4. The third-order valence-electron chi connectivity index (χ3n) is 5.00. The second-order valence-electron chi connectivity index (χ2n) is 6.79. The molecule has 4 rings (SSSR count). The normalized spacial score (nSPS) is 18.8. The van der Waals surface area contributed by atoms with Crippen LogP contribution in [0.4, 0.5) is 23.0 Å². The highest BCUT2D eigenvalue weighted by Gasteiger charge is 2.17. The maximum absolute atomic E-state index is 5.48. The third-order valence-corrected chi connectivity index (χ3v) is 5.00. The molecule has 2 fully saturated rings. The number of hydrogen-bond donors (Lipinski definition) is 1. The van der Waals surface area contributed by atoms with Crippen LogP contribution in [0.1, 0.15) is 0 Å². The zero-order valence-corrected chi connectivity index (χ0v) is 15.3. The van der Waals surface area contributed by atoms with Gasteiger partial charge in [0.2, 0.25) is 0 Å². The van der Waals surface area contributed by atoms with Crippen molar-refractivity contribution in [1.29, 1.82) is 0 Å². The summed E-state index contributed by atoms with van der Waals surface area (Å²) in [6.07, 6.45) is 1.65. The molecule has 26 heavy (non-hydrogen) atoms. The first-order chi connectivity index (χ1) is 12.8. The number of para-hydroxylation sites is 2. The van der Waals surface area contributed by atoms with Crippen LogP contribution in [-0.2, 0) is 4.74 Å². The maximum Gasteiger partial charge on any atom is 0.135 e. The van der Waals surface area contributed by atoms with E-state index in [1.807, 2.05) is 6.07 Å². The highest BCUT2D eigenvalue weighted by Crippen LogP contribution is 2.29. The SMILES string of the molecule is CN1CCN(c2cc(Nc3ccccc3N3CCOCC3)ncn2)CC1.